The number of fused-ring (bicyclic) bond motifs is 1. The Morgan fingerprint density at radius 2 is 1.91 bits per heavy atom. The number of allylic oxidation sites excluding steroid dienone is 1. The Kier molecular flexibility index (Phi) is 11.1. The number of aromatic nitrogens is 3. The molecule has 0 bridgehead atoms. The number of ether oxygens (including phenoxy) is 2. The number of rotatable bonds is 12. The Morgan fingerprint density at radius 3 is 2.64 bits per heavy atom. The van der Waals surface area contributed by atoms with Crippen LogP contribution in [0.5, 0.6) is 11.5 Å². The topological polar surface area (TPSA) is 111 Å². The molecule has 240 valence electrons. The first-order chi connectivity index (χ1) is 21.8. The number of halogens is 1. The summed E-state index contributed by atoms with van der Waals surface area (Å²) >= 11 is 5.29. The van der Waals surface area contributed by atoms with Crippen molar-refractivity contribution in [3.8, 4) is 11.5 Å². The fourth-order valence-corrected chi connectivity index (χ4v) is 7.03. The van der Waals surface area contributed by atoms with Crippen molar-refractivity contribution in [3.63, 3.8) is 0 Å². The number of aryl methyl sites for hydroxylation is 1. The Labute approximate surface area is 277 Å². The van der Waals surface area contributed by atoms with E-state index in [1.54, 1.807) is 16.4 Å². The SMILES string of the molecule is CCCCSc1nc2n(n1)C(c1cc(Br)c(OCC(=O)N3CCCCC3)c(OCC)c1)C(C(=O)Nc1cccc(C)c1)=C(C)N2. The molecule has 10 nitrogen and oxygen atoms in total. The molecule has 1 unspecified atom stereocenters. The van der Waals surface area contributed by atoms with E-state index < -0.39 is 6.04 Å². The molecule has 45 heavy (non-hydrogen) atoms. The van der Waals surface area contributed by atoms with E-state index in [0.717, 1.165) is 62.1 Å². The Hall–Kier alpha value is -3.51. The zero-order valence-electron chi connectivity index (χ0n) is 26.3. The van der Waals surface area contributed by atoms with Crippen molar-refractivity contribution < 1.29 is 19.1 Å². The lowest BCUT2D eigenvalue weighted by atomic mass is 9.94. The standard InChI is InChI=1S/C33H41BrN6O4S/c1-5-7-16-45-33-37-32-35-22(4)28(31(42)36-24-13-11-12-21(3)17-24)29(40(32)38-33)23-18-25(34)30(26(19-23)43-6-2)44-20-27(41)39-14-9-8-10-15-39/h11-13,17-19,29H,5-10,14-16,20H2,1-4H3,(H,36,42)(H,35,37,38). The number of benzene rings is 2. The summed E-state index contributed by atoms with van der Waals surface area (Å²) in [4.78, 5) is 33.5. The third-order valence-corrected chi connectivity index (χ3v) is 9.29. The molecule has 1 fully saturated rings. The molecule has 5 rings (SSSR count). The first kappa shape index (κ1) is 32.9. The summed E-state index contributed by atoms with van der Waals surface area (Å²) in [6, 6.07) is 10.9. The maximum atomic E-state index is 14.0. The van der Waals surface area contributed by atoms with Crippen molar-refractivity contribution in [2.24, 2.45) is 0 Å². The molecule has 12 heteroatoms. The summed E-state index contributed by atoms with van der Waals surface area (Å²) in [5, 5.41) is 11.9. The van der Waals surface area contributed by atoms with Crippen LogP contribution in [-0.4, -0.2) is 63.5 Å². The summed E-state index contributed by atoms with van der Waals surface area (Å²) in [5.74, 6) is 2.09. The summed E-state index contributed by atoms with van der Waals surface area (Å²) in [6.07, 6.45) is 5.31. The minimum Gasteiger partial charge on any atom is -0.490 e. The number of carbonyl (C=O) groups is 2. The number of unbranched alkanes of at least 4 members (excludes halogenated alkanes) is 1. The number of hydrogen-bond acceptors (Lipinski definition) is 8. The van der Waals surface area contributed by atoms with E-state index in [0.29, 0.717) is 50.6 Å². The second-order valence-electron chi connectivity index (χ2n) is 11.2. The van der Waals surface area contributed by atoms with Gasteiger partial charge in [-0.15, -0.1) is 5.10 Å². The average Bonchev–Trinajstić information content (AvgIpc) is 3.42. The van der Waals surface area contributed by atoms with Gasteiger partial charge in [0, 0.05) is 30.2 Å². The molecule has 0 radical (unpaired) electrons. The highest BCUT2D eigenvalue weighted by Crippen LogP contribution is 2.43. The first-order valence-corrected chi connectivity index (χ1v) is 17.4. The van der Waals surface area contributed by atoms with Crippen molar-refractivity contribution in [2.75, 3.05) is 42.7 Å². The first-order valence-electron chi connectivity index (χ1n) is 15.6. The quantitative estimate of drug-likeness (QED) is 0.155. The minimum absolute atomic E-state index is 0.0412. The molecular weight excluding hydrogens is 656 g/mol. The van der Waals surface area contributed by atoms with E-state index in [9.17, 15) is 9.59 Å². The van der Waals surface area contributed by atoms with Gasteiger partial charge in [-0.2, -0.15) is 4.98 Å². The number of nitrogens with one attached hydrogen (secondary N) is 2. The number of amides is 2. The van der Waals surface area contributed by atoms with Crippen LogP contribution in [0, 0.1) is 6.92 Å². The highest BCUT2D eigenvalue weighted by Gasteiger charge is 2.35. The molecule has 1 aromatic heterocycles. The Bertz CT molecular complexity index is 1570. The minimum atomic E-state index is -0.612. The van der Waals surface area contributed by atoms with Crippen LogP contribution >= 0.6 is 27.7 Å². The van der Waals surface area contributed by atoms with Crippen LogP contribution in [0.25, 0.3) is 0 Å². The lowest BCUT2D eigenvalue weighted by Crippen LogP contribution is -2.38. The molecule has 2 aromatic carbocycles. The maximum Gasteiger partial charge on any atom is 0.260 e. The van der Waals surface area contributed by atoms with Crippen LogP contribution in [0.15, 0.2) is 57.3 Å². The molecule has 0 spiro atoms. The number of nitrogens with zero attached hydrogens (tertiary/aromatic N) is 4. The van der Waals surface area contributed by atoms with Crippen LogP contribution in [0.2, 0.25) is 0 Å². The van der Waals surface area contributed by atoms with E-state index >= 15 is 0 Å². The number of thioether (sulfide) groups is 1. The van der Waals surface area contributed by atoms with Gasteiger partial charge in [0.2, 0.25) is 11.1 Å². The fraction of sp³-hybridized carbons (Fsp3) is 0.455. The lowest BCUT2D eigenvalue weighted by Gasteiger charge is -2.29. The van der Waals surface area contributed by atoms with Gasteiger partial charge in [0.25, 0.3) is 11.8 Å². The molecule has 1 atom stereocenters. The highest BCUT2D eigenvalue weighted by atomic mass is 79.9. The van der Waals surface area contributed by atoms with Gasteiger partial charge in [0.05, 0.1) is 16.7 Å². The molecule has 1 saturated heterocycles. The zero-order valence-corrected chi connectivity index (χ0v) is 28.7. The average molecular weight is 698 g/mol. The van der Waals surface area contributed by atoms with E-state index in [2.05, 4.69) is 33.5 Å². The van der Waals surface area contributed by atoms with Crippen LogP contribution in [0.3, 0.4) is 0 Å². The van der Waals surface area contributed by atoms with E-state index in [1.807, 2.05) is 62.1 Å². The van der Waals surface area contributed by atoms with Gasteiger partial charge in [-0.3, -0.25) is 9.59 Å². The summed E-state index contributed by atoms with van der Waals surface area (Å²) in [6.45, 7) is 9.74. The second kappa shape index (κ2) is 15.2. The molecule has 2 aliphatic heterocycles. The van der Waals surface area contributed by atoms with Gasteiger partial charge in [0.15, 0.2) is 18.1 Å². The summed E-state index contributed by atoms with van der Waals surface area (Å²) in [5.41, 5.74) is 3.69. The second-order valence-corrected chi connectivity index (χ2v) is 13.2. The highest BCUT2D eigenvalue weighted by molar-refractivity contribution is 9.10. The normalized spacial score (nSPS) is 16.2. The molecule has 0 saturated carbocycles. The molecule has 2 amide bonds. The van der Waals surface area contributed by atoms with E-state index in [1.165, 1.54) is 0 Å². The smallest absolute Gasteiger partial charge is 0.260 e. The summed E-state index contributed by atoms with van der Waals surface area (Å²) < 4.78 is 14.5. The number of hydrogen-bond donors (Lipinski definition) is 2. The maximum absolute atomic E-state index is 14.0. The Morgan fingerprint density at radius 1 is 1.11 bits per heavy atom. The summed E-state index contributed by atoms with van der Waals surface area (Å²) in [7, 11) is 0. The van der Waals surface area contributed by atoms with Crippen LogP contribution in [0.1, 0.15) is 70.0 Å². The molecule has 3 heterocycles. The zero-order chi connectivity index (χ0) is 31.9. The molecule has 0 aliphatic carbocycles. The third-order valence-electron chi connectivity index (χ3n) is 7.78. The lowest BCUT2D eigenvalue weighted by molar-refractivity contribution is -0.134. The van der Waals surface area contributed by atoms with Crippen molar-refractivity contribution in [2.45, 2.75) is 71.0 Å². The number of likely N-dealkylation sites (tertiary alicyclic amines) is 1. The van der Waals surface area contributed by atoms with Gasteiger partial charge >= 0.3 is 0 Å². The predicted molar refractivity (Wildman–Crippen MR) is 181 cm³/mol. The third kappa shape index (κ3) is 7.84. The van der Waals surface area contributed by atoms with Crippen molar-refractivity contribution in [1.29, 1.82) is 0 Å². The van der Waals surface area contributed by atoms with Crippen molar-refractivity contribution in [3.05, 3.63) is 63.3 Å². The van der Waals surface area contributed by atoms with Gasteiger partial charge in [0.1, 0.15) is 6.04 Å². The Balaban J connectivity index is 1.51. The van der Waals surface area contributed by atoms with Crippen molar-refractivity contribution in [1.82, 2.24) is 19.7 Å². The molecule has 2 N–H and O–H groups in total. The molecule has 2 aliphatic rings. The number of anilines is 2. The van der Waals surface area contributed by atoms with Gasteiger partial charge in [-0.1, -0.05) is 37.2 Å². The van der Waals surface area contributed by atoms with Gasteiger partial charge < -0.3 is 25.0 Å². The molecular formula is C33H41BrN6O4S. The van der Waals surface area contributed by atoms with Crippen LogP contribution in [-0.2, 0) is 9.59 Å². The van der Waals surface area contributed by atoms with Crippen LogP contribution < -0.4 is 20.1 Å². The largest absolute Gasteiger partial charge is 0.490 e. The van der Waals surface area contributed by atoms with E-state index in [-0.39, 0.29) is 18.4 Å². The van der Waals surface area contributed by atoms with Crippen molar-refractivity contribution >= 4 is 51.1 Å². The predicted octanol–water partition coefficient (Wildman–Crippen LogP) is 6.96. The van der Waals surface area contributed by atoms with Crippen LogP contribution in [0.4, 0.5) is 11.6 Å². The number of carbonyl (C=O) groups excluding carboxylic acids is 2. The monoisotopic (exact) mass is 696 g/mol. The van der Waals surface area contributed by atoms with E-state index in [4.69, 9.17) is 19.6 Å². The number of piperidine rings is 1. The van der Waals surface area contributed by atoms with Gasteiger partial charge in [-0.05, 0) is 97.8 Å². The molecule has 3 aromatic rings. The van der Waals surface area contributed by atoms with Gasteiger partial charge in [-0.25, -0.2) is 4.68 Å². The fourth-order valence-electron chi connectivity index (χ4n) is 5.54.